The summed E-state index contributed by atoms with van der Waals surface area (Å²) in [5.74, 6) is -0.300. The number of carbonyl (C=O) groups is 1. The quantitative estimate of drug-likeness (QED) is 0.579. The SMILES string of the molecule is Cc1cc(Cc2cccc(Br)c2)c(=O)n(CC(=O)Nc2ccc(Br)cc2)n1. The third kappa shape index (κ3) is 5.37. The molecule has 1 N–H and O–H groups in total. The zero-order valence-corrected chi connectivity index (χ0v) is 17.7. The number of nitrogens with one attached hydrogen (secondary N) is 1. The average molecular weight is 491 g/mol. The molecule has 3 rings (SSSR count). The lowest BCUT2D eigenvalue weighted by molar-refractivity contribution is -0.117. The van der Waals surface area contributed by atoms with Gasteiger partial charge in [0.15, 0.2) is 0 Å². The minimum absolute atomic E-state index is 0.137. The molecule has 1 aromatic heterocycles. The van der Waals surface area contributed by atoms with Crippen LogP contribution in [0.4, 0.5) is 5.69 Å². The summed E-state index contributed by atoms with van der Waals surface area (Å²) in [5, 5.41) is 6.99. The van der Waals surface area contributed by atoms with Gasteiger partial charge in [-0.3, -0.25) is 9.59 Å². The Labute approximate surface area is 173 Å². The molecular formula is C20H17Br2N3O2. The van der Waals surface area contributed by atoms with E-state index in [4.69, 9.17) is 0 Å². The summed E-state index contributed by atoms with van der Waals surface area (Å²) in [6, 6.07) is 16.8. The van der Waals surface area contributed by atoms with Crippen LogP contribution in [0.3, 0.4) is 0 Å². The summed E-state index contributed by atoms with van der Waals surface area (Å²) >= 11 is 6.79. The first-order chi connectivity index (χ1) is 12.9. The van der Waals surface area contributed by atoms with Gasteiger partial charge in [-0.1, -0.05) is 44.0 Å². The molecule has 0 bridgehead atoms. The molecule has 0 aliphatic carbocycles. The van der Waals surface area contributed by atoms with Crippen LogP contribution >= 0.6 is 31.9 Å². The number of halogens is 2. The number of nitrogens with zero attached hydrogens (tertiary/aromatic N) is 2. The summed E-state index contributed by atoms with van der Waals surface area (Å²) in [6.45, 7) is 1.68. The average Bonchev–Trinajstić information content (AvgIpc) is 2.61. The first-order valence-corrected chi connectivity index (χ1v) is 9.87. The Hall–Kier alpha value is -2.25. The third-order valence-electron chi connectivity index (χ3n) is 3.88. The number of aryl methyl sites for hydroxylation is 1. The smallest absolute Gasteiger partial charge is 0.270 e. The van der Waals surface area contributed by atoms with Crippen molar-refractivity contribution in [1.29, 1.82) is 0 Å². The van der Waals surface area contributed by atoms with E-state index in [1.54, 1.807) is 18.2 Å². The van der Waals surface area contributed by atoms with Crippen LogP contribution in [-0.2, 0) is 17.8 Å². The maximum absolute atomic E-state index is 12.7. The number of benzene rings is 2. The van der Waals surface area contributed by atoms with E-state index in [9.17, 15) is 9.59 Å². The molecule has 0 aliphatic rings. The lowest BCUT2D eigenvalue weighted by Gasteiger charge is -2.10. The number of rotatable bonds is 5. The zero-order chi connectivity index (χ0) is 19.4. The Bertz CT molecular complexity index is 1030. The molecule has 0 saturated carbocycles. The van der Waals surface area contributed by atoms with Crippen LogP contribution in [0.15, 0.2) is 68.3 Å². The molecule has 0 radical (unpaired) electrons. The molecule has 2 aromatic carbocycles. The van der Waals surface area contributed by atoms with E-state index in [1.165, 1.54) is 4.68 Å². The molecule has 1 amide bonds. The van der Waals surface area contributed by atoms with Gasteiger partial charge in [0.05, 0.1) is 5.69 Å². The third-order valence-corrected chi connectivity index (χ3v) is 4.90. The number of hydrogen-bond donors (Lipinski definition) is 1. The minimum atomic E-state index is -0.300. The van der Waals surface area contributed by atoms with E-state index in [0.717, 1.165) is 14.5 Å². The highest BCUT2D eigenvalue weighted by molar-refractivity contribution is 9.10. The topological polar surface area (TPSA) is 64.0 Å². The van der Waals surface area contributed by atoms with Gasteiger partial charge < -0.3 is 5.32 Å². The van der Waals surface area contributed by atoms with Gasteiger partial charge in [0.1, 0.15) is 6.54 Å². The second kappa shape index (κ2) is 8.63. The van der Waals surface area contributed by atoms with Crippen molar-refractivity contribution in [3.63, 3.8) is 0 Å². The van der Waals surface area contributed by atoms with Gasteiger partial charge in [0.2, 0.25) is 5.91 Å². The second-order valence-corrected chi connectivity index (χ2v) is 7.97. The van der Waals surface area contributed by atoms with E-state index in [0.29, 0.717) is 23.4 Å². The summed E-state index contributed by atoms with van der Waals surface area (Å²) in [6.07, 6.45) is 0.482. The molecule has 3 aromatic rings. The van der Waals surface area contributed by atoms with Crippen LogP contribution in [0, 0.1) is 6.92 Å². The summed E-state index contributed by atoms with van der Waals surface area (Å²) in [5.41, 5.74) is 2.72. The van der Waals surface area contributed by atoms with Gasteiger partial charge >= 0.3 is 0 Å². The number of carbonyl (C=O) groups excluding carboxylic acids is 1. The second-order valence-electron chi connectivity index (χ2n) is 6.14. The molecular weight excluding hydrogens is 474 g/mol. The Kier molecular flexibility index (Phi) is 6.23. The van der Waals surface area contributed by atoms with Crippen LogP contribution < -0.4 is 10.9 Å². The lowest BCUT2D eigenvalue weighted by atomic mass is 10.1. The van der Waals surface area contributed by atoms with E-state index < -0.39 is 0 Å². The van der Waals surface area contributed by atoms with Gasteiger partial charge in [-0.2, -0.15) is 5.10 Å². The van der Waals surface area contributed by atoms with Crippen LogP contribution in [0.2, 0.25) is 0 Å². The lowest BCUT2D eigenvalue weighted by Crippen LogP contribution is -2.32. The van der Waals surface area contributed by atoms with Gasteiger partial charge in [0.25, 0.3) is 5.56 Å². The Morgan fingerprint density at radius 1 is 1.07 bits per heavy atom. The van der Waals surface area contributed by atoms with E-state index >= 15 is 0 Å². The monoisotopic (exact) mass is 489 g/mol. The highest BCUT2D eigenvalue weighted by Crippen LogP contribution is 2.15. The molecule has 0 spiro atoms. The molecule has 0 aliphatic heterocycles. The van der Waals surface area contributed by atoms with Crippen molar-refractivity contribution < 1.29 is 4.79 Å². The van der Waals surface area contributed by atoms with Crippen LogP contribution in [0.1, 0.15) is 16.8 Å². The molecule has 7 heteroatoms. The van der Waals surface area contributed by atoms with Crippen LogP contribution in [0.5, 0.6) is 0 Å². The van der Waals surface area contributed by atoms with Crippen molar-refractivity contribution in [3.05, 3.63) is 90.7 Å². The molecule has 138 valence electrons. The molecule has 0 unspecified atom stereocenters. The Morgan fingerprint density at radius 3 is 2.52 bits per heavy atom. The van der Waals surface area contributed by atoms with E-state index in [1.807, 2.05) is 43.3 Å². The highest BCUT2D eigenvalue weighted by atomic mass is 79.9. The highest BCUT2D eigenvalue weighted by Gasteiger charge is 2.11. The number of hydrogen-bond acceptors (Lipinski definition) is 3. The predicted octanol–water partition coefficient (Wildman–Crippen LogP) is 4.31. The number of anilines is 1. The Morgan fingerprint density at radius 2 is 1.81 bits per heavy atom. The number of aromatic nitrogens is 2. The predicted molar refractivity (Wildman–Crippen MR) is 113 cm³/mol. The molecule has 1 heterocycles. The largest absolute Gasteiger partial charge is 0.324 e. The molecule has 5 nitrogen and oxygen atoms in total. The van der Waals surface area contributed by atoms with Crippen LogP contribution in [0.25, 0.3) is 0 Å². The standard InChI is InChI=1S/C20H17Br2N3O2/c1-13-9-15(10-14-3-2-4-17(22)11-14)20(27)25(24-13)12-19(26)23-18-7-5-16(21)6-8-18/h2-9,11H,10,12H2,1H3,(H,23,26). The fourth-order valence-corrected chi connectivity index (χ4v) is 3.43. The van der Waals surface area contributed by atoms with Crippen molar-refractivity contribution in [2.24, 2.45) is 0 Å². The van der Waals surface area contributed by atoms with Crippen molar-refractivity contribution >= 4 is 43.5 Å². The number of amides is 1. The fraction of sp³-hybridized carbons (Fsp3) is 0.150. The van der Waals surface area contributed by atoms with Crippen molar-refractivity contribution in [3.8, 4) is 0 Å². The Balaban J connectivity index is 1.79. The zero-order valence-electron chi connectivity index (χ0n) is 14.6. The molecule has 27 heavy (non-hydrogen) atoms. The molecule has 0 saturated heterocycles. The van der Waals surface area contributed by atoms with Crippen molar-refractivity contribution in [1.82, 2.24) is 9.78 Å². The maximum Gasteiger partial charge on any atom is 0.270 e. The van der Waals surface area contributed by atoms with Crippen LogP contribution in [-0.4, -0.2) is 15.7 Å². The normalized spacial score (nSPS) is 10.6. The molecule has 0 fully saturated rings. The van der Waals surface area contributed by atoms with Gasteiger partial charge in [-0.25, -0.2) is 4.68 Å². The van der Waals surface area contributed by atoms with Gasteiger partial charge in [-0.15, -0.1) is 0 Å². The summed E-state index contributed by atoms with van der Waals surface area (Å²) in [4.78, 5) is 25.1. The minimum Gasteiger partial charge on any atom is -0.324 e. The van der Waals surface area contributed by atoms with E-state index in [2.05, 4.69) is 42.3 Å². The van der Waals surface area contributed by atoms with Crippen molar-refractivity contribution in [2.45, 2.75) is 19.9 Å². The van der Waals surface area contributed by atoms with Gasteiger partial charge in [-0.05, 0) is 55.0 Å². The summed E-state index contributed by atoms with van der Waals surface area (Å²) < 4.78 is 3.10. The van der Waals surface area contributed by atoms with Crippen molar-refractivity contribution in [2.75, 3.05) is 5.32 Å². The summed E-state index contributed by atoms with van der Waals surface area (Å²) in [7, 11) is 0. The first-order valence-electron chi connectivity index (χ1n) is 8.28. The van der Waals surface area contributed by atoms with Gasteiger partial charge in [0, 0.05) is 26.6 Å². The van der Waals surface area contributed by atoms with E-state index in [-0.39, 0.29) is 18.0 Å². The first kappa shape index (κ1) is 19.5. The maximum atomic E-state index is 12.7. The molecule has 0 atom stereocenters. The fourth-order valence-electron chi connectivity index (χ4n) is 2.71.